The lowest BCUT2D eigenvalue weighted by Crippen LogP contribution is -2.11. The van der Waals surface area contributed by atoms with Crippen LogP contribution in [0.5, 0.6) is 11.5 Å². The number of aromatic carboxylic acids is 1. The van der Waals surface area contributed by atoms with Crippen molar-refractivity contribution in [2.45, 2.75) is 11.8 Å². The highest BCUT2D eigenvalue weighted by Gasteiger charge is 2.22. The number of ether oxygens (including phenoxy) is 1. The standard InChI is InChI=1S/C15H14O6S/c1-10-6-8-11(9-7-10)22(18,19)21-13-5-3-4-12(15(16)17)14(13)20-2/h3-9H,1-2H3,(H,16,17). The lowest BCUT2D eigenvalue weighted by Gasteiger charge is -2.12. The maximum atomic E-state index is 12.2. The van der Waals surface area contributed by atoms with Gasteiger partial charge in [0.25, 0.3) is 0 Å². The van der Waals surface area contributed by atoms with Crippen LogP contribution in [0.4, 0.5) is 0 Å². The van der Waals surface area contributed by atoms with E-state index >= 15 is 0 Å². The number of para-hydroxylation sites is 1. The molecule has 0 spiro atoms. The van der Waals surface area contributed by atoms with Crippen LogP contribution in [0.15, 0.2) is 47.4 Å². The Labute approximate surface area is 128 Å². The highest BCUT2D eigenvalue weighted by Crippen LogP contribution is 2.33. The Bertz CT molecular complexity index is 793. The summed E-state index contributed by atoms with van der Waals surface area (Å²) in [6.07, 6.45) is 0. The molecule has 116 valence electrons. The molecule has 0 aliphatic heterocycles. The van der Waals surface area contributed by atoms with E-state index in [-0.39, 0.29) is 22.0 Å². The van der Waals surface area contributed by atoms with Crippen molar-refractivity contribution >= 4 is 16.1 Å². The second-order valence-corrected chi connectivity index (χ2v) is 6.04. The molecule has 22 heavy (non-hydrogen) atoms. The maximum Gasteiger partial charge on any atom is 0.339 e. The molecule has 6 nitrogen and oxygen atoms in total. The van der Waals surface area contributed by atoms with Crippen LogP contribution in [0.2, 0.25) is 0 Å². The Morgan fingerprint density at radius 3 is 2.27 bits per heavy atom. The molecule has 0 radical (unpaired) electrons. The molecule has 2 rings (SSSR count). The summed E-state index contributed by atoms with van der Waals surface area (Å²) in [4.78, 5) is 11.1. The second kappa shape index (κ2) is 6.07. The molecule has 0 unspecified atom stereocenters. The largest absolute Gasteiger partial charge is 0.492 e. The van der Waals surface area contributed by atoms with Gasteiger partial charge in [-0.3, -0.25) is 0 Å². The first-order valence-corrected chi connectivity index (χ1v) is 7.67. The third-order valence-electron chi connectivity index (χ3n) is 2.92. The molecule has 0 aliphatic rings. The second-order valence-electron chi connectivity index (χ2n) is 4.49. The van der Waals surface area contributed by atoms with E-state index in [9.17, 15) is 13.2 Å². The molecule has 0 saturated carbocycles. The van der Waals surface area contributed by atoms with Crippen LogP contribution in [0.3, 0.4) is 0 Å². The van der Waals surface area contributed by atoms with E-state index in [4.69, 9.17) is 14.0 Å². The number of rotatable bonds is 5. The smallest absolute Gasteiger partial charge is 0.339 e. The Morgan fingerprint density at radius 1 is 1.09 bits per heavy atom. The summed E-state index contributed by atoms with van der Waals surface area (Å²) in [6.45, 7) is 1.83. The van der Waals surface area contributed by atoms with E-state index in [1.807, 2.05) is 6.92 Å². The molecule has 0 aliphatic carbocycles. The number of carboxylic acid groups (broad SMARTS) is 1. The van der Waals surface area contributed by atoms with Crippen LogP contribution in [0.25, 0.3) is 0 Å². The van der Waals surface area contributed by atoms with Crippen molar-refractivity contribution in [2.24, 2.45) is 0 Å². The van der Waals surface area contributed by atoms with Crippen molar-refractivity contribution in [2.75, 3.05) is 7.11 Å². The van der Waals surface area contributed by atoms with E-state index in [0.29, 0.717) is 0 Å². The fraction of sp³-hybridized carbons (Fsp3) is 0.133. The van der Waals surface area contributed by atoms with Crippen LogP contribution >= 0.6 is 0 Å². The monoisotopic (exact) mass is 322 g/mol. The lowest BCUT2D eigenvalue weighted by atomic mass is 10.2. The molecule has 0 saturated heterocycles. The topological polar surface area (TPSA) is 89.9 Å². The number of carboxylic acids is 1. The van der Waals surface area contributed by atoms with Gasteiger partial charge in [-0.2, -0.15) is 8.42 Å². The van der Waals surface area contributed by atoms with E-state index < -0.39 is 16.1 Å². The average molecular weight is 322 g/mol. The van der Waals surface area contributed by atoms with Crippen LogP contribution in [0.1, 0.15) is 15.9 Å². The molecular weight excluding hydrogens is 308 g/mol. The third-order valence-corrected chi connectivity index (χ3v) is 4.17. The van der Waals surface area contributed by atoms with Crippen molar-refractivity contribution in [3.05, 3.63) is 53.6 Å². The van der Waals surface area contributed by atoms with E-state index in [1.165, 1.54) is 37.4 Å². The minimum absolute atomic E-state index is 0.0270. The number of benzene rings is 2. The van der Waals surface area contributed by atoms with Crippen LogP contribution in [-0.2, 0) is 10.1 Å². The Hall–Kier alpha value is -2.54. The quantitative estimate of drug-likeness (QED) is 0.851. The van der Waals surface area contributed by atoms with Crippen LogP contribution in [-0.4, -0.2) is 26.6 Å². The summed E-state index contributed by atoms with van der Waals surface area (Å²) < 4.78 is 34.5. The summed E-state index contributed by atoms with van der Waals surface area (Å²) >= 11 is 0. The average Bonchev–Trinajstić information content (AvgIpc) is 2.47. The van der Waals surface area contributed by atoms with Gasteiger partial charge in [0.15, 0.2) is 11.5 Å². The molecule has 0 fully saturated rings. The number of aryl methyl sites for hydroxylation is 1. The normalized spacial score (nSPS) is 11.0. The first kappa shape index (κ1) is 15.8. The molecule has 2 aromatic rings. The molecular formula is C15H14O6S. The van der Waals surface area contributed by atoms with E-state index in [1.54, 1.807) is 12.1 Å². The van der Waals surface area contributed by atoms with E-state index in [2.05, 4.69) is 0 Å². The molecule has 2 aromatic carbocycles. The van der Waals surface area contributed by atoms with Gasteiger partial charge in [0, 0.05) is 0 Å². The summed E-state index contributed by atoms with van der Waals surface area (Å²) in [5.41, 5.74) is 0.725. The minimum Gasteiger partial charge on any atom is -0.492 e. The van der Waals surface area contributed by atoms with Crippen molar-refractivity contribution in [1.29, 1.82) is 0 Å². The Morgan fingerprint density at radius 2 is 1.73 bits per heavy atom. The van der Waals surface area contributed by atoms with Gasteiger partial charge in [0.1, 0.15) is 10.5 Å². The molecule has 1 N–H and O–H groups in total. The Balaban J connectivity index is 2.44. The van der Waals surface area contributed by atoms with Crippen LogP contribution in [0, 0.1) is 6.92 Å². The number of methoxy groups -OCH3 is 1. The summed E-state index contributed by atoms with van der Waals surface area (Å²) in [7, 11) is -2.83. The fourth-order valence-corrected chi connectivity index (χ4v) is 2.76. The first-order chi connectivity index (χ1) is 10.3. The number of hydrogen-bond acceptors (Lipinski definition) is 5. The van der Waals surface area contributed by atoms with Gasteiger partial charge in [0.05, 0.1) is 7.11 Å². The van der Waals surface area contributed by atoms with Gasteiger partial charge in [-0.1, -0.05) is 23.8 Å². The van der Waals surface area contributed by atoms with Crippen LogP contribution < -0.4 is 8.92 Å². The lowest BCUT2D eigenvalue weighted by molar-refractivity contribution is 0.0692. The van der Waals surface area contributed by atoms with Gasteiger partial charge < -0.3 is 14.0 Å². The SMILES string of the molecule is COc1c(OS(=O)(=O)c2ccc(C)cc2)cccc1C(=O)O. The zero-order chi connectivity index (χ0) is 16.3. The van der Waals surface area contributed by atoms with Gasteiger partial charge >= 0.3 is 16.1 Å². The highest BCUT2D eigenvalue weighted by molar-refractivity contribution is 7.87. The summed E-state index contributed by atoms with van der Waals surface area (Å²) in [6, 6.07) is 10.1. The predicted molar refractivity (Wildman–Crippen MR) is 78.9 cm³/mol. The summed E-state index contributed by atoms with van der Waals surface area (Å²) in [5.74, 6) is -1.57. The van der Waals surface area contributed by atoms with Crippen molar-refractivity contribution in [1.82, 2.24) is 0 Å². The molecule has 0 atom stereocenters. The van der Waals surface area contributed by atoms with Gasteiger partial charge in [0.2, 0.25) is 0 Å². The van der Waals surface area contributed by atoms with Gasteiger partial charge in [-0.15, -0.1) is 0 Å². The molecule has 0 aromatic heterocycles. The zero-order valence-corrected chi connectivity index (χ0v) is 12.8. The van der Waals surface area contributed by atoms with Gasteiger partial charge in [-0.05, 0) is 31.2 Å². The van der Waals surface area contributed by atoms with Crippen molar-refractivity contribution in [3.8, 4) is 11.5 Å². The number of carbonyl (C=O) groups is 1. The fourth-order valence-electron chi connectivity index (χ4n) is 1.83. The molecule has 0 bridgehead atoms. The maximum absolute atomic E-state index is 12.2. The molecule has 0 amide bonds. The van der Waals surface area contributed by atoms with E-state index in [0.717, 1.165) is 5.56 Å². The molecule has 7 heteroatoms. The minimum atomic E-state index is -4.08. The first-order valence-electron chi connectivity index (χ1n) is 6.26. The van der Waals surface area contributed by atoms with Gasteiger partial charge in [-0.25, -0.2) is 4.79 Å². The Kier molecular flexibility index (Phi) is 4.37. The van der Waals surface area contributed by atoms with Crippen molar-refractivity contribution in [3.63, 3.8) is 0 Å². The van der Waals surface area contributed by atoms with Crippen molar-refractivity contribution < 1.29 is 27.2 Å². The number of hydrogen-bond donors (Lipinski definition) is 1. The zero-order valence-electron chi connectivity index (χ0n) is 11.9. The summed E-state index contributed by atoms with van der Waals surface area (Å²) in [5, 5.41) is 9.08. The molecule has 0 heterocycles. The third kappa shape index (κ3) is 3.20. The highest BCUT2D eigenvalue weighted by atomic mass is 32.2. The predicted octanol–water partition coefficient (Wildman–Crippen LogP) is 2.47.